The second-order valence-electron chi connectivity index (χ2n) is 7.03. The zero-order valence-corrected chi connectivity index (χ0v) is 16.1. The molecule has 0 aliphatic carbocycles. The van der Waals surface area contributed by atoms with Gasteiger partial charge in [-0.15, -0.1) is 0 Å². The first kappa shape index (κ1) is 21.2. The van der Waals surface area contributed by atoms with Crippen LogP contribution in [-0.4, -0.2) is 64.4 Å². The fraction of sp³-hybridized carbons (Fsp3) is 0.381. The number of aliphatic hydroxyl groups is 4. The van der Waals surface area contributed by atoms with E-state index < -0.39 is 37.1 Å². The molecule has 1 heterocycles. The summed E-state index contributed by atoms with van der Waals surface area (Å²) in [6.45, 7) is 1.35. The summed E-state index contributed by atoms with van der Waals surface area (Å²) in [4.78, 5) is 11.6. The van der Waals surface area contributed by atoms with Gasteiger partial charge in [-0.3, -0.25) is 4.79 Å². The number of amides is 1. The molecular weight excluding hydrogens is 378 g/mol. The van der Waals surface area contributed by atoms with Crippen molar-refractivity contribution in [2.45, 2.75) is 37.4 Å². The van der Waals surface area contributed by atoms with Crippen LogP contribution in [0.25, 0.3) is 0 Å². The fourth-order valence-corrected chi connectivity index (χ4v) is 3.33. The normalized spacial score (nSPS) is 26.8. The van der Waals surface area contributed by atoms with E-state index in [0.29, 0.717) is 22.6 Å². The molecule has 1 amide bonds. The Hall–Kier alpha value is -2.49. The van der Waals surface area contributed by atoms with Crippen LogP contribution in [0.3, 0.4) is 0 Å². The smallest absolute Gasteiger partial charge is 0.251 e. The first-order valence-electron chi connectivity index (χ1n) is 9.26. The number of aliphatic hydroxyl groups excluding tert-OH is 4. The molecule has 3 rings (SSSR count). The Kier molecular flexibility index (Phi) is 6.51. The average Bonchev–Trinajstić information content (AvgIpc) is 2.72. The number of aryl methyl sites for hydroxylation is 1. The van der Waals surface area contributed by atoms with E-state index in [1.807, 2.05) is 6.92 Å². The van der Waals surface area contributed by atoms with E-state index in [1.165, 1.54) is 0 Å². The van der Waals surface area contributed by atoms with Gasteiger partial charge in [-0.2, -0.15) is 0 Å². The van der Waals surface area contributed by atoms with Gasteiger partial charge in [0.25, 0.3) is 5.91 Å². The van der Waals surface area contributed by atoms with Crippen LogP contribution >= 0.6 is 0 Å². The molecule has 5 N–H and O–H groups in total. The summed E-state index contributed by atoms with van der Waals surface area (Å²) in [5.41, 5.74) is 1.88. The molecular formula is C21H25NO7. The zero-order chi connectivity index (χ0) is 21.1. The van der Waals surface area contributed by atoms with Gasteiger partial charge in [0.1, 0.15) is 42.0 Å². The highest BCUT2D eigenvalue weighted by Gasteiger charge is 2.44. The van der Waals surface area contributed by atoms with E-state index in [9.17, 15) is 25.2 Å². The van der Waals surface area contributed by atoms with E-state index in [-0.39, 0.29) is 5.91 Å². The van der Waals surface area contributed by atoms with Crippen molar-refractivity contribution in [3.8, 4) is 11.5 Å². The highest BCUT2D eigenvalue weighted by atomic mass is 16.5. The Morgan fingerprint density at radius 1 is 1.03 bits per heavy atom. The predicted octanol–water partition coefficient (Wildman–Crippen LogP) is 0.662. The van der Waals surface area contributed by atoms with Crippen molar-refractivity contribution in [2.75, 3.05) is 13.7 Å². The molecule has 0 spiro atoms. The third-order valence-electron chi connectivity index (χ3n) is 4.87. The standard InChI is InChI=1S/C21H25NO7/c1-11-7-13(20-19(26)18(25)17(24)16(10-23)29-20)9-15(8-11)28-14-5-3-12(4-6-14)21(27)22-2/h3-9,16-20,23-26H,10H2,1-2H3,(H,22,27)/t16-,17-,18+,19-,20-/m1/s1. The van der Waals surface area contributed by atoms with Gasteiger partial charge in [0.05, 0.1) is 6.61 Å². The lowest BCUT2D eigenvalue weighted by Gasteiger charge is -2.40. The quantitative estimate of drug-likeness (QED) is 0.496. The number of carbonyl (C=O) groups excluding carboxylic acids is 1. The number of rotatable bonds is 5. The van der Waals surface area contributed by atoms with Crippen molar-refractivity contribution >= 4 is 5.91 Å². The van der Waals surface area contributed by atoms with Crippen molar-refractivity contribution in [3.05, 3.63) is 59.2 Å². The Morgan fingerprint density at radius 2 is 1.72 bits per heavy atom. The third-order valence-corrected chi connectivity index (χ3v) is 4.87. The molecule has 1 aliphatic heterocycles. The van der Waals surface area contributed by atoms with Crippen molar-refractivity contribution in [2.24, 2.45) is 0 Å². The SMILES string of the molecule is CNC(=O)c1ccc(Oc2cc(C)cc([C@H]3O[C@H](CO)[C@@H](O)[C@H](O)[C@H]3O)c2)cc1. The Bertz CT molecular complexity index is 853. The lowest BCUT2D eigenvalue weighted by atomic mass is 9.90. The summed E-state index contributed by atoms with van der Waals surface area (Å²) in [6, 6.07) is 11.8. The fourth-order valence-electron chi connectivity index (χ4n) is 3.33. The molecule has 1 aliphatic rings. The molecule has 8 nitrogen and oxygen atoms in total. The molecule has 0 aromatic heterocycles. The van der Waals surface area contributed by atoms with Crippen LogP contribution in [0.15, 0.2) is 42.5 Å². The van der Waals surface area contributed by atoms with Crippen molar-refractivity contribution in [1.82, 2.24) is 5.32 Å². The Balaban J connectivity index is 1.83. The van der Waals surface area contributed by atoms with Crippen LogP contribution in [0.4, 0.5) is 0 Å². The van der Waals surface area contributed by atoms with Gasteiger partial charge < -0.3 is 35.2 Å². The minimum absolute atomic E-state index is 0.197. The lowest BCUT2D eigenvalue weighted by molar-refractivity contribution is -0.231. The largest absolute Gasteiger partial charge is 0.457 e. The minimum atomic E-state index is -1.45. The summed E-state index contributed by atoms with van der Waals surface area (Å²) < 4.78 is 11.5. The van der Waals surface area contributed by atoms with Gasteiger partial charge in [0, 0.05) is 12.6 Å². The topological polar surface area (TPSA) is 128 Å². The molecule has 2 aromatic carbocycles. The highest BCUT2D eigenvalue weighted by molar-refractivity contribution is 5.94. The van der Waals surface area contributed by atoms with Crippen LogP contribution in [0.2, 0.25) is 0 Å². The third kappa shape index (κ3) is 4.58. The zero-order valence-electron chi connectivity index (χ0n) is 16.1. The summed E-state index contributed by atoms with van der Waals surface area (Å²) >= 11 is 0. The van der Waals surface area contributed by atoms with E-state index >= 15 is 0 Å². The molecule has 8 heteroatoms. The predicted molar refractivity (Wildman–Crippen MR) is 104 cm³/mol. The molecule has 5 atom stereocenters. The number of nitrogens with one attached hydrogen (secondary N) is 1. The Morgan fingerprint density at radius 3 is 2.34 bits per heavy atom. The molecule has 0 saturated carbocycles. The van der Waals surface area contributed by atoms with Crippen LogP contribution in [0.5, 0.6) is 11.5 Å². The second kappa shape index (κ2) is 8.89. The molecule has 1 fully saturated rings. The first-order valence-corrected chi connectivity index (χ1v) is 9.26. The van der Waals surface area contributed by atoms with Crippen molar-refractivity contribution < 1.29 is 34.7 Å². The van der Waals surface area contributed by atoms with Gasteiger partial charge >= 0.3 is 0 Å². The summed E-state index contributed by atoms with van der Waals surface area (Å²) in [5, 5.41) is 42.3. The van der Waals surface area contributed by atoms with Gasteiger partial charge in [0.15, 0.2) is 0 Å². The lowest BCUT2D eigenvalue weighted by Crippen LogP contribution is -2.55. The maximum Gasteiger partial charge on any atom is 0.251 e. The monoisotopic (exact) mass is 403 g/mol. The summed E-state index contributed by atoms with van der Waals surface area (Å²) in [7, 11) is 1.56. The number of benzene rings is 2. The van der Waals surface area contributed by atoms with Crippen LogP contribution in [0.1, 0.15) is 27.6 Å². The highest BCUT2D eigenvalue weighted by Crippen LogP contribution is 2.35. The number of ether oxygens (including phenoxy) is 2. The van der Waals surface area contributed by atoms with Gasteiger partial charge in [-0.1, -0.05) is 6.07 Å². The number of hydrogen-bond donors (Lipinski definition) is 5. The van der Waals surface area contributed by atoms with Crippen LogP contribution in [-0.2, 0) is 4.74 Å². The van der Waals surface area contributed by atoms with Crippen molar-refractivity contribution in [3.63, 3.8) is 0 Å². The summed E-state index contributed by atoms with van der Waals surface area (Å²) in [6.07, 6.45) is -6.16. The number of carbonyl (C=O) groups is 1. The Labute approximate surface area is 168 Å². The molecule has 156 valence electrons. The molecule has 29 heavy (non-hydrogen) atoms. The maximum absolute atomic E-state index is 11.6. The first-order chi connectivity index (χ1) is 13.8. The van der Waals surface area contributed by atoms with E-state index in [0.717, 1.165) is 5.56 Å². The average molecular weight is 403 g/mol. The van der Waals surface area contributed by atoms with Gasteiger partial charge in [-0.25, -0.2) is 0 Å². The van der Waals surface area contributed by atoms with Gasteiger partial charge in [0.2, 0.25) is 0 Å². The van der Waals surface area contributed by atoms with Crippen LogP contribution in [0, 0.1) is 6.92 Å². The molecule has 1 saturated heterocycles. The van der Waals surface area contributed by atoms with Crippen molar-refractivity contribution in [1.29, 1.82) is 0 Å². The molecule has 0 radical (unpaired) electrons. The number of hydrogen-bond acceptors (Lipinski definition) is 7. The second-order valence-corrected chi connectivity index (χ2v) is 7.03. The molecule has 0 unspecified atom stereocenters. The van der Waals surface area contributed by atoms with E-state index in [2.05, 4.69) is 5.32 Å². The van der Waals surface area contributed by atoms with E-state index in [1.54, 1.807) is 49.5 Å². The molecule has 2 aromatic rings. The van der Waals surface area contributed by atoms with Gasteiger partial charge in [-0.05, 0) is 54.4 Å². The molecule has 0 bridgehead atoms. The summed E-state index contributed by atoms with van der Waals surface area (Å²) in [5.74, 6) is 0.796. The maximum atomic E-state index is 11.6. The van der Waals surface area contributed by atoms with E-state index in [4.69, 9.17) is 9.47 Å². The van der Waals surface area contributed by atoms with Crippen LogP contribution < -0.4 is 10.1 Å². The minimum Gasteiger partial charge on any atom is -0.457 e.